The maximum Gasteiger partial charge on any atom is 0.227 e. The quantitative estimate of drug-likeness (QED) is 0.372. The number of rotatable bonds is 8. The van der Waals surface area contributed by atoms with Crippen LogP contribution in [0.1, 0.15) is 23.7 Å². The van der Waals surface area contributed by atoms with Crippen molar-refractivity contribution in [3.8, 4) is 11.4 Å². The van der Waals surface area contributed by atoms with Crippen LogP contribution in [0.15, 0.2) is 58.2 Å². The van der Waals surface area contributed by atoms with Gasteiger partial charge in [0.05, 0.1) is 10.8 Å². The van der Waals surface area contributed by atoms with E-state index in [9.17, 15) is 4.79 Å². The van der Waals surface area contributed by atoms with Crippen LogP contribution in [0.2, 0.25) is 5.02 Å². The van der Waals surface area contributed by atoms with Gasteiger partial charge in [0.1, 0.15) is 0 Å². The lowest BCUT2D eigenvalue weighted by Crippen LogP contribution is -2.12. The van der Waals surface area contributed by atoms with E-state index >= 15 is 0 Å². The summed E-state index contributed by atoms with van der Waals surface area (Å²) in [5.41, 5.74) is 2.69. The molecular weight excluding hydrogens is 436 g/mol. The predicted octanol–water partition coefficient (Wildman–Crippen LogP) is 4.68. The number of halogens is 1. The number of aromatic nitrogens is 5. The van der Waals surface area contributed by atoms with E-state index in [1.165, 1.54) is 11.8 Å². The zero-order valence-corrected chi connectivity index (χ0v) is 18.2. The summed E-state index contributed by atoms with van der Waals surface area (Å²) in [5, 5.41) is 15.0. The van der Waals surface area contributed by atoms with Crippen molar-refractivity contribution in [1.82, 2.24) is 25.3 Å². The van der Waals surface area contributed by atoms with Crippen LogP contribution in [-0.4, -0.2) is 31.2 Å². The van der Waals surface area contributed by atoms with Crippen molar-refractivity contribution in [3.05, 3.63) is 70.8 Å². The van der Waals surface area contributed by atoms with Crippen molar-refractivity contribution in [2.75, 3.05) is 5.32 Å². The topological polar surface area (TPSA) is 110 Å². The molecule has 0 aliphatic heterocycles. The number of anilines is 1. The molecule has 2 aromatic heterocycles. The Hall–Kier alpha value is -3.17. The summed E-state index contributed by atoms with van der Waals surface area (Å²) in [4.78, 5) is 20.9. The number of benzene rings is 2. The molecule has 2 aromatic carbocycles. The van der Waals surface area contributed by atoms with E-state index in [0.717, 1.165) is 16.8 Å². The van der Waals surface area contributed by atoms with Crippen molar-refractivity contribution in [2.45, 2.75) is 30.7 Å². The number of carbonyl (C=O) groups excluding carboxylic acids is 1. The van der Waals surface area contributed by atoms with E-state index < -0.39 is 0 Å². The molecule has 0 fully saturated rings. The molecule has 10 heteroatoms. The highest BCUT2D eigenvalue weighted by atomic mass is 35.5. The lowest BCUT2D eigenvalue weighted by Gasteiger charge is -2.04. The summed E-state index contributed by atoms with van der Waals surface area (Å²) in [6, 6.07) is 15.1. The minimum Gasteiger partial charge on any atom is -0.339 e. The largest absolute Gasteiger partial charge is 0.339 e. The number of thioether (sulfide) groups is 1. The van der Waals surface area contributed by atoms with Gasteiger partial charge in [-0.1, -0.05) is 58.3 Å². The zero-order chi connectivity index (χ0) is 21.6. The smallest absolute Gasteiger partial charge is 0.227 e. The minimum atomic E-state index is -0.106. The van der Waals surface area contributed by atoms with Crippen LogP contribution < -0.4 is 5.32 Å². The lowest BCUT2D eigenvalue weighted by molar-refractivity contribution is -0.116. The van der Waals surface area contributed by atoms with E-state index in [2.05, 4.69) is 30.6 Å². The van der Waals surface area contributed by atoms with Gasteiger partial charge in [-0.05, 0) is 31.2 Å². The molecule has 0 bridgehead atoms. The van der Waals surface area contributed by atoms with E-state index in [1.807, 2.05) is 49.4 Å². The second kappa shape index (κ2) is 9.76. The number of nitrogens with zero attached hydrogens (tertiary/aromatic N) is 4. The molecule has 158 valence electrons. The number of hydrogen-bond acceptors (Lipinski definition) is 7. The molecule has 0 saturated heterocycles. The molecule has 0 unspecified atom stereocenters. The summed E-state index contributed by atoms with van der Waals surface area (Å²) < 4.78 is 5.24. The van der Waals surface area contributed by atoms with Crippen molar-refractivity contribution < 1.29 is 9.32 Å². The highest BCUT2D eigenvalue weighted by Crippen LogP contribution is 2.26. The molecule has 0 saturated carbocycles. The highest BCUT2D eigenvalue weighted by molar-refractivity contribution is 7.98. The fraction of sp³-hybridized carbons (Fsp3) is 0.190. The fourth-order valence-electron chi connectivity index (χ4n) is 2.74. The maximum absolute atomic E-state index is 12.1. The molecular formula is C21H19ClN6O2S. The zero-order valence-electron chi connectivity index (χ0n) is 16.6. The van der Waals surface area contributed by atoms with Gasteiger partial charge < -0.3 is 9.84 Å². The van der Waals surface area contributed by atoms with Gasteiger partial charge in [0.25, 0.3) is 0 Å². The number of aryl methyl sites for hydroxylation is 2. The third kappa shape index (κ3) is 5.71. The molecule has 2 heterocycles. The van der Waals surface area contributed by atoms with Gasteiger partial charge >= 0.3 is 0 Å². The third-order valence-electron chi connectivity index (χ3n) is 4.34. The maximum atomic E-state index is 12.1. The van der Waals surface area contributed by atoms with Crippen molar-refractivity contribution in [3.63, 3.8) is 0 Å². The monoisotopic (exact) mass is 454 g/mol. The van der Waals surface area contributed by atoms with Gasteiger partial charge in [-0.2, -0.15) is 4.98 Å². The van der Waals surface area contributed by atoms with Crippen LogP contribution >= 0.6 is 23.4 Å². The average Bonchev–Trinajstić information content (AvgIpc) is 3.42. The lowest BCUT2D eigenvalue weighted by atomic mass is 10.2. The molecule has 4 rings (SSSR count). The number of nitrogens with one attached hydrogen (secondary N) is 2. The summed E-state index contributed by atoms with van der Waals surface area (Å²) in [6.45, 7) is 2.00. The summed E-state index contributed by atoms with van der Waals surface area (Å²) in [6.07, 6.45) is 0.622. The molecule has 2 N–H and O–H groups in total. The Morgan fingerprint density at radius 3 is 2.77 bits per heavy atom. The van der Waals surface area contributed by atoms with Crippen molar-refractivity contribution in [2.24, 2.45) is 0 Å². The van der Waals surface area contributed by atoms with Crippen LogP contribution in [0.3, 0.4) is 0 Å². The van der Waals surface area contributed by atoms with Gasteiger partial charge in [-0.15, -0.1) is 5.10 Å². The molecule has 1 amide bonds. The number of carbonyl (C=O) groups is 1. The van der Waals surface area contributed by atoms with E-state index in [-0.39, 0.29) is 12.3 Å². The van der Waals surface area contributed by atoms with Crippen LogP contribution in [-0.2, 0) is 17.0 Å². The van der Waals surface area contributed by atoms with E-state index in [1.54, 1.807) is 6.07 Å². The van der Waals surface area contributed by atoms with Crippen LogP contribution in [0.5, 0.6) is 0 Å². The first kappa shape index (κ1) is 21.1. The summed E-state index contributed by atoms with van der Waals surface area (Å²) in [7, 11) is 0. The molecule has 8 nitrogen and oxygen atoms in total. The Morgan fingerprint density at radius 2 is 1.97 bits per heavy atom. The summed E-state index contributed by atoms with van der Waals surface area (Å²) >= 11 is 7.57. The highest BCUT2D eigenvalue weighted by Gasteiger charge is 2.13. The first-order valence-corrected chi connectivity index (χ1v) is 10.9. The van der Waals surface area contributed by atoms with Gasteiger partial charge in [0, 0.05) is 24.1 Å². The number of H-pyrrole nitrogens is 1. The van der Waals surface area contributed by atoms with Crippen molar-refractivity contribution in [1.29, 1.82) is 0 Å². The SMILES string of the molecule is Cc1ccc(NC(=O)CCc2nc(CSc3n[nH]c(-c4ccccc4Cl)n3)no2)cc1. The van der Waals surface area contributed by atoms with Gasteiger partial charge in [0.2, 0.25) is 17.0 Å². The first-order valence-electron chi connectivity index (χ1n) is 9.55. The number of aromatic amines is 1. The molecule has 0 atom stereocenters. The molecule has 0 aliphatic rings. The van der Waals surface area contributed by atoms with Gasteiger partial charge in [-0.25, -0.2) is 4.98 Å². The molecule has 31 heavy (non-hydrogen) atoms. The second-order valence-corrected chi connectivity index (χ2v) is 8.10. The predicted molar refractivity (Wildman–Crippen MR) is 119 cm³/mol. The normalized spacial score (nSPS) is 10.9. The van der Waals surface area contributed by atoms with Crippen LogP contribution in [0.25, 0.3) is 11.4 Å². The first-order chi connectivity index (χ1) is 15.1. The Kier molecular flexibility index (Phi) is 6.63. The Morgan fingerprint density at radius 1 is 1.16 bits per heavy atom. The third-order valence-corrected chi connectivity index (χ3v) is 5.51. The molecule has 0 aliphatic carbocycles. The van der Waals surface area contributed by atoms with Gasteiger partial charge in [-0.3, -0.25) is 9.89 Å². The molecule has 0 radical (unpaired) electrons. The minimum absolute atomic E-state index is 0.106. The standard InChI is InChI=1S/C21H19ClN6O2S/c1-13-6-8-14(9-7-13)23-18(29)10-11-19-24-17(28-30-19)12-31-21-25-20(26-27-21)15-4-2-3-5-16(15)22/h2-9H,10-12H2,1H3,(H,23,29)(H,25,26,27). The Bertz CT molecular complexity index is 1170. The number of hydrogen-bond donors (Lipinski definition) is 2. The van der Waals surface area contributed by atoms with E-state index in [4.69, 9.17) is 16.1 Å². The number of amides is 1. The fourth-order valence-corrected chi connectivity index (χ4v) is 3.61. The Labute approximate surface area is 187 Å². The van der Waals surface area contributed by atoms with Crippen LogP contribution in [0.4, 0.5) is 5.69 Å². The summed E-state index contributed by atoms with van der Waals surface area (Å²) in [5.74, 6) is 1.87. The second-order valence-electron chi connectivity index (χ2n) is 6.75. The van der Waals surface area contributed by atoms with Gasteiger partial charge in [0.15, 0.2) is 11.6 Å². The molecule has 4 aromatic rings. The van der Waals surface area contributed by atoms with Crippen LogP contribution in [0, 0.1) is 6.92 Å². The van der Waals surface area contributed by atoms with E-state index in [0.29, 0.717) is 39.9 Å². The average molecular weight is 455 g/mol. The molecule has 0 spiro atoms. The van der Waals surface area contributed by atoms with Crippen molar-refractivity contribution >= 4 is 35.0 Å². The Balaban J connectivity index is 1.26.